The quantitative estimate of drug-likeness (QED) is 0.235. The van der Waals surface area contributed by atoms with Crippen LogP contribution in [-0.2, 0) is 0 Å². The lowest BCUT2D eigenvalue weighted by Crippen LogP contribution is -1.94. The molecule has 160 valence electrons. The molecule has 0 atom stereocenters. The van der Waals surface area contributed by atoms with E-state index in [2.05, 4.69) is 131 Å². The van der Waals surface area contributed by atoms with Crippen molar-refractivity contribution >= 4 is 31.9 Å². The Morgan fingerprint density at radius 2 is 0.875 bits per heavy atom. The molecule has 2 aliphatic rings. The van der Waals surface area contributed by atoms with Crippen molar-refractivity contribution in [2.24, 2.45) is 0 Å². The zero-order valence-electron chi connectivity index (χ0n) is 18.4. The maximum Gasteiger partial charge on any atom is 0.0178 e. The van der Waals surface area contributed by atoms with Gasteiger partial charge in [0, 0.05) is 20.8 Å². The summed E-state index contributed by atoms with van der Waals surface area (Å²) in [5.41, 5.74) is 11.6. The van der Waals surface area contributed by atoms with Crippen LogP contribution < -0.4 is 0 Å². The van der Waals surface area contributed by atoms with Crippen LogP contribution in [0.4, 0.5) is 0 Å². The van der Waals surface area contributed by atoms with Crippen molar-refractivity contribution < 1.29 is 0 Å². The van der Waals surface area contributed by atoms with Gasteiger partial charge in [-0.3, -0.25) is 0 Å². The van der Waals surface area contributed by atoms with E-state index in [1.54, 1.807) is 0 Å². The lowest BCUT2D eigenvalue weighted by atomic mass is 9.95. The van der Waals surface area contributed by atoms with Crippen molar-refractivity contribution in [3.05, 3.63) is 116 Å². The third-order valence-corrected chi connectivity index (χ3v) is 7.83. The van der Waals surface area contributed by atoms with E-state index >= 15 is 0 Å². The highest BCUT2D eigenvalue weighted by atomic mass is 79.9. The van der Waals surface area contributed by atoms with Gasteiger partial charge in [-0.15, -0.1) is 0 Å². The van der Waals surface area contributed by atoms with Gasteiger partial charge in [0.05, 0.1) is 0 Å². The maximum absolute atomic E-state index is 3.57. The van der Waals surface area contributed by atoms with Gasteiger partial charge >= 0.3 is 0 Å². The molecule has 0 saturated heterocycles. The van der Waals surface area contributed by atoms with Gasteiger partial charge in [-0.25, -0.2) is 0 Å². The van der Waals surface area contributed by atoms with Crippen molar-refractivity contribution in [2.75, 3.05) is 0 Å². The molecule has 2 aliphatic carbocycles. The van der Waals surface area contributed by atoms with Crippen LogP contribution in [0.3, 0.4) is 0 Å². The predicted molar refractivity (Wildman–Crippen MR) is 143 cm³/mol. The van der Waals surface area contributed by atoms with Crippen LogP contribution >= 0.6 is 31.9 Å². The maximum atomic E-state index is 3.57. The van der Waals surface area contributed by atoms with Crippen molar-refractivity contribution in [3.8, 4) is 22.3 Å². The molecule has 2 heteroatoms. The number of benzene rings is 4. The molecule has 0 radical (unpaired) electrons. The zero-order chi connectivity index (χ0) is 22.2. The first-order chi connectivity index (χ1) is 15.6. The third-order valence-electron chi connectivity index (χ3n) is 6.85. The van der Waals surface area contributed by atoms with Gasteiger partial charge in [-0.1, -0.05) is 106 Å². The summed E-state index contributed by atoms with van der Waals surface area (Å²) in [6.07, 6.45) is 2.33. The highest BCUT2D eigenvalue weighted by Gasteiger charge is 2.28. The van der Waals surface area contributed by atoms with Gasteiger partial charge in [0.1, 0.15) is 0 Å². The van der Waals surface area contributed by atoms with E-state index in [9.17, 15) is 0 Å². The van der Waals surface area contributed by atoms with Crippen LogP contribution in [0.2, 0.25) is 0 Å². The van der Waals surface area contributed by atoms with Crippen LogP contribution in [0.25, 0.3) is 22.3 Å². The van der Waals surface area contributed by atoms with Crippen molar-refractivity contribution in [3.63, 3.8) is 0 Å². The molecule has 4 aromatic rings. The molecule has 6 rings (SSSR count). The molecule has 0 heterocycles. The minimum Gasteiger partial charge on any atom is -0.0645 e. The smallest absolute Gasteiger partial charge is 0.0178 e. The minimum atomic E-state index is 0.537. The molecule has 32 heavy (non-hydrogen) atoms. The van der Waals surface area contributed by atoms with E-state index in [-0.39, 0.29) is 0 Å². The average Bonchev–Trinajstić information content (AvgIpc) is 3.30. The molecule has 0 aromatic heterocycles. The minimum absolute atomic E-state index is 0.537. The van der Waals surface area contributed by atoms with Gasteiger partial charge in [0.25, 0.3) is 0 Å². The van der Waals surface area contributed by atoms with E-state index in [4.69, 9.17) is 0 Å². The fourth-order valence-electron chi connectivity index (χ4n) is 5.44. The summed E-state index contributed by atoms with van der Waals surface area (Å²) in [6.45, 7) is 4.52. The number of hydrogen-bond donors (Lipinski definition) is 0. The number of rotatable bonds is 2. The van der Waals surface area contributed by atoms with Crippen molar-refractivity contribution in [1.82, 2.24) is 0 Å². The fraction of sp³-hybridized carbons (Fsp3) is 0.200. The van der Waals surface area contributed by atoms with E-state index in [0.29, 0.717) is 11.8 Å². The summed E-state index contributed by atoms with van der Waals surface area (Å²) in [7, 11) is 0. The van der Waals surface area contributed by atoms with Crippen molar-refractivity contribution in [2.45, 2.75) is 38.5 Å². The molecule has 0 bridgehead atoms. The van der Waals surface area contributed by atoms with Crippen LogP contribution in [0.15, 0.2) is 93.9 Å². The lowest BCUT2D eigenvalue weighted by Gasteiger charge is -2.10. The van der Waals surface area contributed by atoms with Gasteiger partial charge < -0.3 is 0 Å². The molecule has 0 nitrogen and oxygen atoms in total. The Balaban J connectivity index is 0.000000136. The molecule has 0 unspecified atom stereocenters. The highest BCUT2D eigenvalue weighted by Crippen LogP contribution is 2.48. The number of halogens is 2. The topological polar surface area (TPSA) is 0 Å². The molecular weight excluding hydrogens is 520 g/mol. The van der Waals surface area contributed by atoms with Gasteiger partial charge in [0.15, 0.2) is 0 Å². The van der Waals surface area contributed by atoms with Crippen LogP contribution in [-0.4, -0.2) is 0 Å². The van der Waals surface area contributed by atoms with Crippen molar-refractivity contribution in [1.29, 1.82) is 0 Å². The highest BCUT2D eigenvalue weighted by molar-refractivity contribution is 9.10. The molecule has 0 saturated carbocycles. The number of fused-ring (bicyclic) bond motifs is 6. The largest absolute Gasteiger partial charge is 0.0645 e. The fourth-order valence-corrected chi connectivity index (χ4v) is 6.20. The van der Waals surface area contributed by atoms with E-state index in [1.165, 1.54) is 59.9 Å². The molecule has 4 aromatic carbocycles. The number of hydrogen-bond acceptors (Lipinski definition) is 0. The Morgan fingerprint density at radius 3 is 1.31 bits per heavy atom. The molecule has 0 aliphatic heterocycles. The predicted octanol–water partition coefficient (Wildman–Crippen LogP) is 9.94. The summed E-state index contributed by atoms with van der Waals surface area (Å²) in [5, 5.41) is 0. The summed E-state index contributed by atoms with van der Waals surface area (Å²) >= 11 is 7.14. The molecular formula is C30H26Br2. The Kier molecular flexibility index (Phi) is 6.09. The average molecular weight is 546 g/mol. The summed E-state index contributed by atoms with van der Waals surface area (Å²) in [5.74, 6) is 1.15. The Bertz CT molecular complexity index is 1190. The molecule has 0 spiro atoms. The second-order valence-electron chi connectivity index (χ2n) is 8.56. The first-order valence-corrected chi connectivity index (χ1v) is 13.0. The molecule has 0 N–H and O–H groups in total. The van der Waals surface area contributed by atoms with Crippen LogP contribution in [0.5, 0.6) is 0 Å². The zero-order valence-corrected chi connectivity index (χ0v) is 21.6. The second kappa shape index (κ2) is 9.00. The Labute approximate surface area is 208 Å². The summed E-state index contributed by atoms with van der Waals surface area (Å²) < 4.78 is 2.34. The van der Waals surface area contributed by atoms with E-state index < -0.39 is 0 Å². The summed E-state index contributed by atoms with van der Waals surface area (Å²) in [4.78, 5) is 0. The summed E-state index contributed by atoms with van der Waals surface area (Å²) in [6, 6.07) is 30.8. The standard InChI is InChI=1S/C15H12Br2.C15H14/c1-2-11-14-7-9(16)3-5-12(14)13-6-4-10(17)8-15(11)13;1-2-11-12-7-3-5-9-14(12)15-10-6-4-8-13(11)15/h3-8,11H,2H2,1H3;3-11H,2H2,1H3. The van der Waals surface area contributed by atoms with E-state index in [1.807, 2.05) is 0 Å². The normalized spacial score (nSPS) is 13.6. The van der Waals surface area contributed by atoms with Crippen LogP contribution in [0, 0.1) is 0 Å². The van der Waals surface area contributed by atoms with Gasteiger partial charge in [-0.2, -0.15) is 0 Å². The molecule has 0 amide bonds. The first-order valence-electron chi connectivity index (χ1n) is 11.4. The van der Waals surface area contributed by atoms with Gasteiger partial charge in [0.2, 0.25) is 0 Å². The van der Waals surface area contributed by atoms with E-state index in [0.717, 1.165) is 6.42 Å². The SMILES string of the molecule is CCC1c2cc(Br)ccc2-c2ccc(Br)cc21.CCC1c2ccccc2-c2ccccc21. The first kappa shape index (κ1) is 21.7. The Hall–Kier alpha value is -2.16. The van der Waals surface area contributed by atoms with Gasteiger partial charge in [-0.05, 0) is 81.6 Å². The molecule has 0 fully saturated rings. The Morgan fingerprint density at radius 1 is 0.500 bits per heavy atom. The third kappa shape index (κ3) is 3.68. The van der Waals surface area contributed by atoms with Crippen LogP contribution in [0.1, 0.15) is 60.8 Å². The lowest BCUT2D eigenvalue weighted by molar-refractivity contribution is 0.796. The second-order valence-corrected chi connectivity index (χ2v) is 10.4. The monoisotopic (exact) mass is 544 g/mol.